The van der Waals surface area contributed by atoms with Gasteiger partial charge in [0.1, 0.15) is 11.6 Å². The van der Waals surface area contributed by atoms with Crippen LogP contribution in [0.1, 0.15) is 78.2 Å². The van der Waals surface area contributed by atoms with Gasteiger partial charge in [0.05, 0.1) is 6.10 Å². The summed E-state index contributed by atoms with van der Waals surface area (Å²) in [7, 11) is 0. The van der Waals surface area contributed by atoms with E-state index in [1.54, 1.807) is 6.92 Å². The van der Waals surface area contributed by atoms with E-state index in [9.17, 15) is 9.90 Å². The van der Waals surface area contributed by atoms with E-state index in [4.69, 9.17) is 9.97 Å². The molecule has 1 saturated carbocycles. The third kappa shape index (κ3) is 7.41. The zero-order valence-electron chi connectivity index (χ0n) is 20.7. The Bertz CT molecular complexity index is 745. The maximum atomic E-state index is 11.2. The molecule has 1 aromatic rings. The van der Waals surface area contributed by atoms with Crippen molar-refractivity contribution in [2.24, 2.45) is 5.92 Å². The summed E-state index contributed by atoms with van der Waals surface area (Å²) in [4.78, 5) is 25.8. The number of hydrogen-bond acceptors (Lipinski definition) is 6. The van der Waals surface area contributed by atoms with Gasteiger partial charge in [0.15, 0.2) is 0 Å². The number of aliphatic hydroxyl groups excluding tert-OH is 1. The van der Waals surface area contributed by atoms with Crippen LogP contribution < -0.4 is 10.2 Å². The molecule has 0 spiro atoms. The topological polar surface area (TPSA) is 81.6 Å². The van der Waals surface area contributed by atoms with Gasteiger partial charge in [-0.25, -0.2) is 9.97 Å². The van der Waals surface area contributed by atoms with E-state index < -0.39 is 6.10 Å². The Kier molecular flexibility index (Phi) is 8.50. The summed E-state index contributed by atoms with van der Waals surface area (Å²) in [5.41, 5.74) is 0.803. The zero-order chi connectivity index (χ0) is 23.3. The molecule has 1 unspecified atom stereocenters. The minimum absolute atomic E-state index is 0.0997. The first-order valence-electron chi connectivity index (χ1n) is 12.4. The first-order chi connectivity index (χ1) is 15.1. The van der Waals surface area contributed by atoms with Crippen LogP contribution in [-0.2, 0) is 16.6 Å². The van der Waals surface area contributed by atoms with Crippen molar-refractivity contribution in [3.05, 3.63) is 17.6 Å². The van der Waals surface area contributed by atoms with Gasteiger partial charge < -0.3 is 15.3 Å². The average Bonchev–Trinajstić information content (AvgIpc) is 2.72. The molecule has 1 atom stereocenters. The van der Waals surface area contributed by atoms with Gasteiger partial charge in [-0.05, 0) is 51.5 Å². The summed E-state index contributed by atoms with van der Waals surface area (Å²) < 4.78 is 0. The number of amides is 1. The Morgan fingerprint density at radius 2 is 1.81 bits per heavy atom. The second-order valence-corrected chi connectivity index (χ2v) is 10.9. The van der Waals surface area contributed by atoms with Gasteiger partial charge in [-0.1, -0.05) is 20.8 Å². The molecule has 0 bridgehead atoms. The van der Waals surface area contributed by atoms with Crippen LogP contribution in [-0.4, -0.2) is 70.8 Å². The molecular formula is C25H43N5O2. The molecular weight excluding hydrogens is 402 g/mol. The lowest BCUT2D eigenvalue weighted by molar-refractivity contribution is -0.119. The molecule has 2 aliphatic rings. The van der Waals surface area contributed by atoms with Crippen molar-refractivity contribution >= 4 is 11.7 Å². The second-order valence-electron chi connectivity index (χ2n) is 10.9. The SMILES string of the molecule is CC(=O)NC1CCC(CCN2CCN(c3cc(CC(C)O)nc(C(C)(C)C)n3)CC2)CC1. The normalized spacial score (nSPS) is 23.8. The fourth-order valence-corrected chi connectivity index (χ4v) is 4.84. The number of nitrogens with zero attached hydrogens (tertiary/aromatic N) is 4. The van der Waals surface area contributed by atoms with Crippen molar-refractivity contribution in [1.82, 2.24) is 20.2 Å². The molecule has 2 N–H and O–H groups in total. The molecule has 32 heavy (non-hydrogen) atoms. The Balaban J connectivity index is 1.49. The monoisotopic (exact) mass is 445 g/mol. The number of aromatic nitrogens is 2. The van der Waals surface area contributed by atoms with Crippen molar-refractivity contribution < 1.29 is 9.90 Å². The van der Waals surface area contributed by atoms with E-state index in [1.807, 2.05) is 6.92 Å². The number of nitrogens with one attached hydrogen (secondary N) is 1. The highest BCUT2D eigenvalue weighted by atomic mass is 16.3. The Labute approximate surface area is 194 Å². The van der Waals surface area contributed by atoms with Crippen LogP contribution in [0.3, 0.4) is 0 Å². The Morgan fingerprint density at radius 1 is 1.16 bits per heavy atom. The number of carbonyl (C=O) groups excluding carboxylic acids is 1. The molecule has 1 aliphatic heterocycles. The van der Waals surface area contributed by atoms with Crippen LogP contribution in [0.4, 0.5) is 5.82 Å². The van der Waals surface area contributed by atoms with Crippen molar-refractivity contribution in [2.45, 2.75) is 90.7 Å². The maximum Gasteiger partial charge on any atom is 0.217 e. The number of piperazine rings is 1. The summed E-state index contributed by atoms with van der Waals surface area (Å²) >= 11 is 0. The average molecular weight is 446 g/mol. The first-order valence-corrected chi connectivity index (χ1v) is 12.4. The first kappa shape index (κ1) is 24.9. The highest BCUT2D eigenvalue weighted by Crippen LogP contribution is 2.28. The molecule has 7 nitrogen and oxygen atoms in total. The standard InChI is InChI=1S/C25H43N5O2/c1-18(31)16-22-17-23(28-24(27-22)25(3,4)5)30-14-12-29(13-15-30)11-10-20-6-8-21(9-7-20)26-19(2)32/h17-18,20-21,31H,6-16H2,1-5H3,(H,26,32). The van der Waals surface area contributed by atoms with Gasteiger partial charge in [-0.3, -0.25) is 9.69 Å². The highest BCUT2D eigenvalue weighted by Gasteiger charge is 2.25. The minimum Gasteiger partial charge on any atom is -0.393 e. The van der Waals surface area contributed by atoms with Crippen LogP contribution in [0, 0.1) is 5.92 Å². The molecule has 0 radical (unpaired) electrons. The molecule has 1 aromatic heterocycles. The van der Waals surface area contributed by atoms with Crippen LogP contribution in [0.2, 0.25) is 0 Å². The van der Waals surface area contributed by atoms with Crippen molar-refractivity contribution in [2.75, 3.05) is 37.6 Å². The summed E-state index contributed by atoms with van der Waals surface area (Å²) in [6.45, 7) is 15.1. The van der Waals surface area contributed by atoms with E-state index in [0.717, 1.165) is 68.8 Å². The van der Waals surface area contributed by atoms with Crippen LogP contribution in [0.15, 0.2) is 6.07 Å². The fraction of sp³-hybridized carbons (Fsp3) is 0.800. The van der Waals surface area contributed by atoms with Gasteiger partial charge in [-0.2, -0.15) is 0 Å². The van der Waals surface area contributed by atoms with E-state index >= 15 is 0 Å². The molecule has 1 aliphatic carbocycles. The summed E-state index contributed by atoms with van der Waals surface area (Å²) in [6, 6.07) is 2.45. The van der Waals surface area contributed by atoms with E-state index in [1.165, 1.54) is 19.3 Å². The van der Waals surface area contributed by atoms with Gasteiger partial charge in [-0.15, -0.1) is 0 Å². The number of hydrogen-bond donors (Lipinski definition) is 2. The minimum atomic E-state index is -0.407. The molecule has 7 heteroatoms. The molecule has 3 rings (SSSR count). The number of aliphatic hydroxyl groups is 1. The Morgan fingerprint density at radius 3 is 2.38 bits per heavy atom. The van der Waals surface area contributed by atoms with Crippen LogP contribution in [0.5, 0.6) is 0 Å². The van der Waals surface area contributed by atoms with E-state index in [-0.39, 0.29) is 11.3 Å². The molecule has 2 heterocycles. The lowest BCUT2D eigenvalue weighted by Gasteiger charge is -2.37. The van der Waals surface area contributed by atoms with Crippen molar-refractivity contribution in [3.63, 3.8) is 0 Å². The van der Waals surface area contributed by atoms with Gasteiger partial charge in [0.25, 0.3) is 0 Å². The number of anilines is 1. The van der Waals surface area contributed by atoms with E-state index in [0.29, 0.717) is 12.5 Å². The molecule has 180 valence electrons. The van der Waals surface area contributed by atoms with Gasteiger partial charge in [0.2, 0.25) is 5.91 Å². The Hall–Kier alpha value is -1.73. The largest absolute Gasteiger partial charge is 0.393 e. The second kappa shape index (κ2) is 10.9. The third-order valence-electron chi connectivity index (χ3n) is 6.75. The molecule has 1 amide bonds. The summed E-state index contributed by atoms with van der Waals surface area (Å²) in [6.07, 6.45) is 6.11. The highest BCUT2D eigenvalue weighted by molar-refractivity contribution is 5.73. The quantitative estimate of drug-likeness (QED) is 0.672. The molecule has 0 aromatic carbocycles. The maximum absolute atomic E-state index is 11.2. The third-order valence-corrected chi connectivity index (χ3v) is 6.75. The lowest BCUT2D eigenvalue weighted by Crippen LogP contribution is -2.47. The zero-order valence-corrected chi connectivity index (χ0v) is 20.7. The van der Waals surface area contributed by atoms with E-state index in [2.05, 4.69) is 42.0 Å². The number of carbonyl (C=O) groups is 1. The fourth-order valence-electron chi connectivity index (χ4n) is 4.84. The van der Waals surface area contributed by atoms with Crippen molar-refractivity contribution in [1.29, 1.82) is 0 Å². The smallest absolute Gasteiger partial charge is 0.217 e. The van der Waals surface area contributed by atoms with Gasteiger partial charge >= 0.3 is 0 Å². The summed E-state index contributed by atoms with van der Waals surface area (Å²) in [5, 5.41) is 12.9. The lowest BCUT2D eigenvalue weighted by atomic mass is 9.84. The summed E-state index contributed by atoms with van der Waals surface area (Å²) in [5.74, 6) is 2.74. The predicted molar refractivity (Wildman–Crippen MR) is 129 cm³/mol. The van der Waals surface area contributed by atoms with Gasteiger partial charge in [0, 0.05) is 62.7 Å². The number of rotatable bonds is 7. The van der Waals surface area contributed by atoms with Crippen molar-refractivity contribution in [3.8, 4) is 0 Å². The molecule has 2 fully saturated rings. The van der Waals surface area contributed by atoms with Crippen LogP contribution >= 0.6 is 0 Å². The van der Waals surface area contributed by atoms with Crippen LogP contribution in [0.25, 0.3) is 0 Å². The predicted octanol–water partition coefficient (Wildman–Crippen LogP) is 2.90. The molecule has 1 saturated heterocycles.